The van der Waals surface area contributed by atoms with Gasteiger partial charge in [-0.1, -0.05) is 6.92 Å². The number of fused-ring (bicyclic) bond motifs is 1. The Morgan fingerprint density at radius 3 is 2.69 bits per heavy atom. The van der Waals surface area contributed by atoms with Crippen LogP contribution < -0.4 is 16.3 Å². The van der Waals surface area contributed by atoms with Crippen LogP contribution in [0.5, 0.6) is 0 Å². The molecule has 0 fully saturated rings. The lowest BCUT2D eigenvalue weighted by molar-refractivity contribution is -0.122. The highest BCUT2D eigenvalue weighted by Crippen LogP contribution is 2.14. The molecular formula is C17H19FN6O2. The van der Waals surface area contributed by atoms with Crippen LogP contribution in [0.15, 0.2) is 41.3 Å². The van der Waals surface area contributed by atoms with Crippen molar-refractivity contribution in [2.24, 2.45) is 0 Å². The van der Waals surface area contributed by atoms with Crippen LogP contribution in [0.1, 0.15) is 20.3 Å². The largest absolute Gasteiger partial charge is 0.352 e. The minimum atomic E-state index is -0.444. The van der Waals surface area contributed by atoms with Crippen molar-refractivity contribution in [1.82, 2.24) is 24.5 Å². The predicted octanol–water partition coefficient (Wildman–Crippen LogP) is 1.69. The molecule has 2 N–H and O–H groups in total. The second kappa shape index (κ2) is 7.34. The highest BCUT2D eigenvalue weighted by atomic mass is 19.1. The molecule has 0 radical (unpaired) electrons. The normalized spacial score (nSPS) is 12.1. The molecule has 1 amide bonds. The van der Waals surface area contributed by atoms with Gasteiger partial charge in [0.15, 0.2) is 0 Å². The van der Waals surface area contributed by atoms with Crippen molar-refractivity contribution >= 4 is 23.2 Å². The molecule has 0 saturated heterocycles. The van der Waals surface area contributed by atoms with Gasteiger partial charge in [-0.2, -0.15) is 4.98 Å². The Morgan fingerprint density at radius 1 is 1.27 bits per heavy atom. The van der Waals surface area contributed by atoms with Gasteiger partial charge < -0.3 is 10.6 Å². The van der Waals surface area contributed by atoms with Gasteiger partial charge in [0.2, 0.25) is 5.91 Å². The zero-order chi connectivity index (χ0) is 18.7. The molecule has 0 bridgehead atoms. The number of carbonyl (C=O) groups is 1. The molecule has 3 rings (SSSR count). The van der Waals surface area contributed by atoms with Crippen molar-refractivity contribution in [1.29, 1.82) is 0 Å². The van der Waals surface area contributed by atoms with Crippen LogP contribution in [-0.4, -0.2) is 31.1 Å². The lowest BCUT2D eigenvalue weighted by Crippen LogP contribution is -2.37. The van der Waals surface area contributed by atoms with Gasteiger partial charge in [-0.15, -0.1) is 5.10 Å². The molecular weight excluding hydrogens is 339 g/mol. The average molecular weight is 358 g/mol. The zero-order valence-corrected chi connectivity index (χ0v) is 14.4. The molecule has 0 spiro atoms. The Labute approximate surface area is 148 Å². The summed E-state index contributed by atoms with van der Waals surface area (Å²) in [7, 11) is 0. The van der Waals surface area contributed by atoms with Crippen molar-refractivity contribution < 1.29 is 9.18 Å². The highest BCUT2D eigenvalue weighted by Gasteiger charge is 2.13. The Balaban J connectivity index is 1.81. The molecule has 0 saturated carbocycles. The smallest absolute Gasteiger partial charge is 0.352 e. The topological polar surface area (TPSA) is 93.3 Å². The van der Waals surface area contributed by atoms with E-state index in [-0.39, 0.29) is 30.1 Å². The maximum atomic E-state index is 13.0. The molecule has 0 aliphatic carbocycles. The minimum Gasteiger partial charge on any atom is -0.352 e. The molecule has 9 heteroatoms. The summed E-state index contributed by atoms with van der Waals surface area (Å²) in [6.45, 7) is 3.67. The standard InChI is InChI=1S/C17H19FN6O2/c1-3-11(2)19-15(25)10-24-17(26)23-9-8-14(21-16(23)22-24)20-13-6-4-12(18)5-7-13/h4-9,11H,3,10H2,1-2H3,(H,19,25)(H,20,21,22)/t11-/m0/s1. The van der Waals surface area contributed by atoms with Crippen molar-refractivity contribution in [3.8, 4) is 0 Å². The van der Waals surface area contributed by atoms with E-state index < -0.39 is 5.69 Å². The third-order valence-electron chi connectivity index (χ3n) is 3.88. The maximum absolute atomic E-state index is 13.0. The monoisotopic (exact) mass is 358 g/mol. The van der Waals surface area contributed by atoms with Gasteiger partial charge in [0.05, 0.1) is 0 Å². The van der Waals surface area contributed by atoms with E-state index in [2.05, 4.69) is 20.7 Å². The first-order chi connectivity index (χ1) is 12.5. The third-order valence-corrected chi connectivity index (χ3v) is 3.88. The molecule has 8 nitrogen and oxygen atoms in total. The van der Waals surface area contributed by atoms with Crippen molar-refractivity contribution in [2.75, 3.05) is 5.32 Å². The number of rotatable bonds is 6. The van der Waals surface area contributed by atoms with Gasteiger partial charge in [-0.05, 0) is 43.7 Å². The van der Waals surface area contributed by atoms with E-state index in [1.165, 1.54) is 22.7 Å². The Bertz CT molecular complexity index is 979. The van der Waals surface area contributed by atoms with Crippen LogP contribution in [0.25, 0.3) is 5.78 Å². The summed E-state index contributed by atoms with van der Waals surface area (Å²) < 4.78 is 15.3. The van der Waals surface area contributed by atoms with Crippen molar-refractivity contribution in [2.45, 2.75) is 32.9 Å². The van der Waals surface area contributed by atoms with E-state index >= 15 is 0 Å². The quantitative estimate of drug-likeness (QED) is 0.699. The summed E-state index contributed by atoms with van der Waals surface area (Å²) in [6.07, 6.45) is 2.32. The molecule has 0 unspecified atom stereocenters. The SMILES string of the molecule is CC[C@H](C)NC(=O)Cn1nc2nc(Nc3ccc(F)cc3)ccn2c1=O. The van der Waals surface area contributed by atoms with E-state index in [9.17, 15) is 14.0 Å². The van der Waals surface area contributed by atoms with Gasteiger partial charge in [-0.3, -0.25) is 4.79 Å². The van der Waals surface area contributed by atoms with E-state index in [0.717, 1.165) is 11.1 Å². The molecule has 0 aliphatic rings. The highest BCUT2D eigenvalue weighted by molar-refractivity contribution is 5.75. The minimum absolute atomic E-state index is 0.0277. The molecule has 1 atom stereocenters. The van der Waals surface area contributed by atoms with Gasteiger partial charge in [0, 0.05) is 17.9 Å². The fraction of sp³-hybridized carbons (Fsp3) is 0.294. The first kappa shape index (κ1) is 17.6. The van der Waals surface area contributed by atoms with Crippen molar-refractivity contribution in [3.63, 3.8) is 0 Å². The average Bonchev–Trinajstić information content (AvgIpc) is 2.92. The lowest BCUT2D eigenvalue weighted by atomic mass is 10.2. The number of nitrogens with one attached hydrogen (secondary N) is 2. The number of aromatic nitrogens is 4. The summed E-state index contributed by atoms with van der Waals surface area (Å²) in [5.41, 5.74) is 0.207. The fourth-order valence-electron chi connectivity index (χ4n) is 2.32. The summed E-state index contributed by atoms with van der Waals surface area (Å²) in [4.78, 5) is 28.5. The van der Waals surface area contributed by atoms with E-state index in [1.54, 1.807) is 18.2 Å². The number of anilines is 2. The van der Waals surface area contributed by atoms with Crippen LogP contribution in [0, 0.1) is 5.82 Å². The van der Waals surface area contributed by atoms with Crippen molar-refractivity contribution in [3.05, 3.63) is 52.8 Å². The Hall–Kier alpha value is -3.23. The van der Waals surface area contributed by atoms with Gasteiger partial charge in [0.1, 0.15) is 18.2 Å². The van der Waals surface area contributed by atoms with Crippen LogP contribution in [0.3, 0.4) is 0 Å². The summed E-state index contributed by atoms with van der Waals surface area (Å²) >= 11 is 0. The number of benzene rings is 1. The Kier molecular flexibility index (Phi) is 4.97. The van der Waals surface area contributed by atoms with E-state index in [0.29, 0.717) is 11.5 Å². The maximum Gasteiger partial charge on any atom is 0.352 e. The molecule has 2 aromatic heterocycles. The fourth-order valence-corrected chi connectivity index (χ4v) is 2.32. The first-order valence-corrected chi connectivity index (χ1v) is 8.24. The number of carbonyl (C=O) groups excluding carboxylic acids is 1. The summed E-state index contributed by atoms with van der Waals surface area (Å²) in [5, 5.41) is 9.89. The molecule has 136 valence electrons. The third kappa shape index (κ3) is 3.88. The number of amides is 1. The van der Waals surface area contributed by atoms with E-state index in [4.69, 9.17) is 0 Å². The molecule has 0 aliphatic heterocycles. The second-order valence-corrected chi connectivity index (χ2v) is 5.93. The zero-order valence-electron chi connectivity index (χ0n) is 14.4. The summed E-state index contributed by atoms with van der Waals surface area (Å²) in [6, 6.07) is 7.44. The Morgan fingerprint density at radius 2 is 2.00 bits per heavy atom. The van der Waals surface area contributed by atoms with Crippen LogP contribution in [-0.2, 0) is 11.3 Å². The van der Waals surface area contributed by atoms with Gasteiger partial charge in [-0.25, -0.2) is 18.3 Å². The van der Waals surface area contributed by atoms with Crippen LogP contribution in [0.4, 0.5) is 15.9 Å². The lowest BCUT2D eigenvalue weighted by Gasteiger charge is -2.10. The number of hydrogen-bond donors (Lipinski definition) is 2. The van der Waals surface area contributed by atoms with Crippen LogP contribution in [0.2, 0.25) is 0 Å². The van der Waals surface area contributed by atoms with Gasteiger partial charge in [0.25, 0.3) is 5.78 Å². The molecule has 2 heterocycles. The van der Waals surface area contributed by atoms with Gasteiger partial charge >= 0.3 is 5.69 Å². The molecule has 26 heavy (non-hydrogen) atoms. The number of nitrogens with zero attached hydrogens (tertiary/aromatic N) is 4. The predicted molar refractivity (Wildman–Crippen MR) is 94.8 cm³/mol. The number of halogens is 1. The summed E-state index contributed by atoms with van der Waals surface area (Å²) in [5.74, 6) is -0.00166. The first-order valence-electron chi connectivity index (χ1n) is 8.24. The van der Waals surface area contributed by atoms with E-state index in [1.807, 2.05) is 13.8 Å². The molecule has 3 aromatic rings. The van der Waals surface area contributed by atoms with Crippen LogP contribution >= 0.6 is 0 Å². The second-order valence-electron chi connectivity index (χ2n) is 5.93. The molecule has 1 aromatic carbocycles. The number of hydrogen-bond acceptors (Lipinski definition) is 5.